The minimum atomic E-state index is -4.51. The first kappa shape index (κ1) is 23.8. The van der Waals surface area contributed by atoms with Gasteiger partial charge in [0.1, 0.15) is 5.52 Å². The van der Waals surface area contributed by atoms with Crippen molar-refractivity contribution < 1.29 is 18.0 Å². The summed E-state index contributed by atoms with van der Waals surface area (Å²) in [6, 6.07) is 16.1. The van der Waals surface area contributed by atoms with E-state index in [1.54, 1.807) is 36.7 Å². The molecule has 0 spiro atoms. The van der Waals surface area contributed by atoms with Crippen LogP contribution in [0, 0.1) is 0 Å². The number of hydrogen-bond donors (Lipinski definition) is 3. The lowest BCUT2D eigenvalue weighted by molar-refractivity contribution is -0.137. The molecular weight excluding hydrogens is 483 g/mol. The van der Waals surface area contributed by atoms with Gasteiger partial charge in [0.25, 0.3) is 0 Å². The topological polar surface area (TPSA) is 96.8 Å². The van der Waals surface area contributed by atoms with Crippen molar-refractivity contribution >= 4 is 39.9 Å². The number of carbonyl (C=O) groups excluding carboxylic acids is 1. The molecule has 0 bridgehead atoms. The van der Waals surface area contributed by atoms with Gasteiger partial charge in [-0.2, -0.15) is 13.2 Å². The van der Waals surface area contributed by atoms with E-state index < -0.39 is 17.8 Å². The van der Waals surface area contributed by atoms with E-state index in [4.69, 9.17) is 4.98 Å². The molecule has 11 heteroatoms. The van der Waals surface area contributed by atoms with Crippen LogP contribution in [0.25, 0.3) is 22.4 Å². The molecule has 0 fully saturated rings. The molecule has 0 saturated heterocycles. The maximum Gasteiger partial charge on any atom is 0.416 e. The highest BCUT2D eigenvalue weighted by Crippen LogP contribution is 2.31. The van der Waals surface area contributed by atoms with Crippen LogP contribution in [0.1, 0.15) is 5.56 Å². The minimum absolute atomic E-state index is 0.0215. The summed E-state index contributed by atoms with van der Waals surface area (Å²) in [6.45, 7) is 0. The highest BCUT2D eigenvalue weighted by atomic mass is 19.4. The number of halogens is 3. The molecule has 0 aliphatic heterocycles. The highest BCUT2D eigenvalue weighted by molar-refractivity contribution is 6.00. The standard InChI is InChI=1S/C26H20F3N7O/c1-36-13-10-21-22(36)24(31-18-8-11-30-12-9-18)35-23(34-21)16-4-2-6-19(14-16)32-25(37)33-20-7-3-5-17(15-20)26(27,28)29/h2-15H,1H3,(H2,32,33,37)(H,30,31,34,35). The Balaban J connectivity index is 1.40. The van der Waals surface area contributed by atoms with Crippen LogP contribution < -0.4 is 16.0 Å². The van der Waals surface area contributed by atoms with Gasteiger partial charge in [-0.25, -0.2) is 14.8 Å². The molecule has 0 atom stereocenters. The number of rotatable bonds is 5. The number of pyridine rings is 1. The van der Waals surface area contributed by atoms with E-state index in [0.29, 0.717) is 22.9 Å². The first-order valence-corrected chi connectivity index (χ1v) is 11.1. The Kier molecular flexibility index (Phi) is 6.18. The summed E-state index contributed by atoms with van der Waals surface area (Å²) in [5.74, 6) is 1.02. The summed E-state index contributed by atoms with van der Waals surface area (Å²) in [6.07, 6.45) is 0.725. The largest absolute Gasteiger partial charge is 0.416 e. The molecular formula is C26H20F3N7O. The second kappa shape index (κ2) is 9.61. The zero-order valence-electron chi connectivity index (χ0n) is 19.4. The number of fused-ring (bicyclic) bond motifs is 1. The molecule has 0 unspecified atom stereocenters. The van der Waals surface area contributed by atoms with E-state index in [0.717, 1.165) is 28.9 Å². The van der Waals surface area contributed by atoms with Crippen LogP contribution in [-0.4, -0.2) is 25.6 Å². The van der Waals surface area contributed by atoms with Gasteiger partial charge in [0.05, 0.1) is 11.1 Å². The Labute approximate surface area is 209 Å². The number of alkyl halides is 3. The molecule has 2 aromatic carbocycles. The third kappa shape index (κ3) is 5.35. The van der Waals surface area contributed by atoms with Crippen molar-refractivity contribution in [3.05, 3.63) is 90.9 Å². The molecule has 8 nitrogen and oxygen atoms in total. The third-order valence-corrected chi connectivity index (χ3v) is 5.49. The van der Waals surface area contributed by atoms with E-state index in [2.05, 4.69) is 25.9 Å². The maximum absolute atomic E-state index is 13.0. The van der Waals surface area contributed by atoms with Crippen molar-refractivity contribution in [3.8, 4) is 11.4 Å². The van der Waals surface area contributed by atoms with Gasteiger partial charge in [-0.3, -0.25) is 4.98 Å². The van der Waals surface area contributed by atoms with Gasteiger partial charge in [-0.05, 0) is 48.5 Å². The second-order valence-electron chi connectivity index (χ2n) is 8.16. The van der Waals surface area contributed by atoms with Crippen molar-refractivity contribution in [3.63, 3.8) is 0 Å². The smallest absolute Gasteiger partial charge is 0.346 e. The Morgan fingerprint density at radius 3 is 2.30 bits per heavy atom. The zero-order valence-corrected chi connectivity index (χ0v) is 19.4. The van der Waals surface area contributed by atoms with E-state index in [1.807, 2.05) is 36.0 Å². The Bertz CT molecular complexity index is 1580. The van der Waals surface area contributed by atoms with Crippen LogP contribution >= 0.6 is 0 Å². The molecule has 0 aliphatic carbocycles. The molecule has 5 rings (SSSR count). The number of aromatic nitrogens is 4. The van der Waals surface area contributed by atoms with E-state index in [9.17, 15) is 18.0 Å². The molecule has 0 saturated carbocycles. The number of amides is 2. The van der Waals surface area contributed by atoms with Crippen LogP contribution in [0.4, 0.5) is 40.8 Å². The first-order valence-electron chi connectivity index (χ1n) is 11.1. The average Bonchev–Trinajstić information content (AvgIpc) is 3.25. The lowest BCUT2D eigenvalue weighted by Crippen LogP contribution is -2.19. The summed E-state index contributed by atoms with van der Waals surface area (Å²) in [4.78, 5) is 25.9. The lowest BCUT2D eigenvalue weighted by atomic mass is 10.2. The molecule has 37 heavy (non-hydrogen) atoms. The van der Waals surface area contributed by atoms with Gasteiger partial charge in [0.15, 0.2) is 11.6 Å². The van der Waals surface area contributed by atoms with Gasteiger partial charge >= 0.3 is 12.2 Å². The summed E-state index contributed by atoms with van der Waals surface area (Å²) in [7, 11) is 1.90. The molecule has 3 aromatic heterocycles. The Morgan fingerprint density at radius 2 is 1.57 bits per heavy atom. The summed E-state index contributed by atoms with van der Waals surface area (Å²) >= 11 is 0. The monoisotopic (exact) mass is 503 g/mol. The van der Waals surface area contributed by atoms with Gasteiger partial charge in [0, 0.05) is 48.3 Å². The maximum atomic E-state index is 13.0. The minimum Gasteiger partial charge on any atom is -0.346 e. The van der Waals surface area contributed by atoms with Crippen LogP contribution in [0.3, 0.4) is 0 Å². The first-order chi connectivity index (χ1) is 17.8. The molecule has 3 N–H and O–H groups in total. The number of carbonyl (C=O) groups is 1. The van der Waals surface area contributed by atoms with E-state index >= 15 is 0 Å². The number of hydrogen-bond acceptors (Lipinski definition) is 5. The molecule has 0 radical (unpaired) electrons. The SMILES string of the molecule is Cn1ccc2nc(-c3cccc(NC(=O)Nc4cccc(C(F)(F)F)c4)c3)nc(Nc3ccncc3)c21. The highest BCUT2D eigenvalue weighted by Gasteiger charge is 2.30. The summed E-state index contributed by atoms with van der Waals surface area (Å²) in [5, 5.41) is 8.37. The molecule has 186 valence electrons. The van der Waals surface area contributed by atoms with E-state index in [-0.39, 0.29) is 5.69 Å². The second-order valence-corrected chi connectivity index (χ2v) is 8.16. The number of aryl methyl sites for hydroxylation is 1. The molecule has 3 heterocycles. The fourth-order valence-electron chi connectivity index (χ4n) is 3.78. The van der Waals surface area contributed by atoms with Gasteiger partial charge in [-0.1, -0.05) is 18.2 Å². The predicted molar refractivity (Wildman–Crippen MR) is 136 cm³/mol. The van der Waals surface area contributed by atoms with Crippen LogP contribution in [-0.2, 0) is 13.2 Å². The van der Waals surface area contributed by atoms with Crippen LogP contribution in [0.15, 0.2) is 85.3 Å². The number of nitrogens with zero attached hydrogens (tertiary/aromatic N) is 4. The van der Waals surface area contributed by atoms with Gasteiger partial charge in [0.2, 0.25) is 0 Å². The molecule has 2 amide bonds. The summed E-state index contributed by atoms with van der Waals surface area (Å²) < 4.78 is 40.8. The number of anilines is 4. The average molecular weight is 503 g/mol. The van der Waals surface area contributed by atoms with Gasteiger partial charge < -0.3 is 20.5 Å². The van der Waals surface area contributed by atoms with Crippen molar-refractivity contribution in [2.45, 2.75) is 6.18 Å². The van der Waals surface area contributed by atoms with Crippen molar-refractivity contribution in [2.75, 3.05) is 16.0 Å². The van der Waals surface area contributed by atoms with E-state index in [1.165, 1.54) is 12.1 Å². The quantitative estimate of drug-likeness (QED) is 0.257. The van der Waals surface area contributed by atoms with Crippen molar-refractivity contribution in [1.29, 1.82) is 0 Å². The fourth-order valence-corrected chi connectivity index (χ4v) is 3.78. The van der Waals surface area contributed by atoms with Crippen molar-refractivity contribution in [1.82, 2.24) is 19.5 Å². The third-order valence-electron chi connectivity index (χ3n) is 5.49. The summed E-state index contributed by atoms with van der Waals surface area (Å²) in [5.41, 5.74) is 2.58. The number of urea groups is 1. The van der Waals surface area contributed by atoms with Gasteiger partial charge in [-0.15, -0.1) is 0 Å². The number of nitrogens with one attached hydrogen (secondary N) is 3. The zero-order chi connectivity index (χ0) is 26.0. The lowest BCUT2D eigenvalue weighted by Gasteiger charge is -2.12. The molecule has 0 aliphatic rings. The molecule has 5 aromatic rings. The Hall–Kier alpha value is -4.93. The number of benzene rings is 2. The predicted octanol–water partition coefficient (Wildman–Crippen LogP) is 6.44. The van der Waals surface area contributed by atoms with Crippen LogP contribution in [0.5, 0.6) is 0 Å². The normalized spacial score (nSPS) is 11.4. The Morgan fingerprint density at radius 1 is 0.865 bits per heavy atom. The fraction of sp³-hybridized carbons (Fsp3) is 0.0769. The van der Waals surface area contributed by atoms with Crippen molar-refractivity contribution in [2.24, 2.45) is 7.05 Å². The van der Waals surface area contributed by atoms with Crippen LogP contribution in [0.2, 0.25) is 0 Å².